The number of aromatic nitrogens is 1. The highest BCUT2D eigenvalue weighted by Gasteiger charge is 2.04. The van der Waals surface area contributed by atoms with E-state index in [1.165, 1.54) is 0 Å². The van der Waals surface area contributed by atoms with Crippen molar-refractivity contribution < 1.29 is 4.42 Å². The summed E-state index contributed by atoms with van der Waals surface area (Å²) in [5.74, 6) is 4.60. The lowest BCUT2D eigenvalue weighted by Crippen LogP contribution is -2.37. The van der Waals surface area contributed by atoms with Crippen molar-refractivity contribution in [3.8, 4) is 12.3 Å². The van der Waals surface area contributed by atoms with Gasteiger partial charge in [-0.25, -0.2) is 9.98 Å². The highest BCUT2D eigenvalue weighted by Crippen LogP contribution is 2.08. The van der Waals surface area contributed by atoms with Gasteiger partial charge < -0.3 is 15.1 Å². The molecule has 0 spiro atoms. The zero-order valence-corrected chi connectivity index (χ0v) is 10.5. The van der Waals surface area contributed by atoms with Crippen molar-refractivity contribution in [1.29, 1.82) is 0 Å². The number of terminal acetylenes is 1. The quantitative estimate of drug-likeness (QED) is 0.463. The van der Waals surface area contributed by atoms with E-state index in [1.54, 1.807) is 0 Å². The van der Waals surface area contributed by atoms with Crippen LogP contribution in [0.3, 0.4) is 0 Å². The molecule has 0 amide bonds. The minimum Gasteiger partial charge on any atom is -0.444 e. The minimum absolute atomic E-state index is 0.397. The van der Waals surface area contributed by atoms with Crippen molar-refractivity contribution >= 4 is 5.96 Å². The predicted molar refractivity (Wildman–Crippen MR) is 67.6 cm³/mol. The molecule has 0 radical (unpaired) electrons. The molecule has 0 bridgehead atoms. The molecule has 1 aromatic rings. The van der Waals surface area contributed by atoms with E-state index in [4.69, 9.17) is 10.8 Å². The standard InChI is InChI=1S/C12H18N4O/c1-5-7-14-12(13-6-2)15-8-11-16-9(3)10(4)17-11/h1H,6-8H2,2-4H3,(H2,13,14,15). The number of nitrogens with one attached hydrogen (secondary N) is 2. The molecule has 5 heteroatoms. The molecule has 0 fully saturated rings. The molecule has 5 nitrogen and oxygen atoms in total. The maximum Gasteiger partial charge on any atom is 0.216 e. The molecule has 0 aliphatic heterocycles. The Labute approximate surface area is 102 Å². The van der Waals surface area contributed by atoms with E-state index in [-0.39, 0.29) is 0 Å². The van der Waals surface area contributed by atoms with Crippen LogP contribution in [0, 0.1) is 26.2 Å². The van der Waals surface area contributed by atoms with Crippen LogP contribution < -0.4 is 10.6 Å². The van der Waals surface area contributed by atoms with Crippen LogP contribution in [-0.2, 0) is 6.54 Å². The number of oxazole rings is 1. The Morgan fingerprint density at radius 1 is 1.47 bits per heavy atom. The second kappa shape index (κ2) is 6.59. The molecule has 17 heavy (non-hydrogen) atoms. The van der Waals surface area contributed by atoms with Crippen LogP contribution in [0.4, 0.5) is 0 Å². The Balaban J connectivity index is 2.61. The maximum atomic E-state index is 5.43. The number of nitrogens with zero attached hydrogens (tertiary/aromatic N) is 2. The van der Waals surface area contributed by atoms with Crippen LogP contribution in [0.25, 0.3) is 0 Å². The zero-order valence-electron chi connectivity index (χ0n) is 10.5. The molecule has 2 N–H and O–H groups in total. The lowest BCUT2D eigenvalue weighted by molar-refractivity contribution is 0.473. The van der Waals surface area contributed by atoms with E-state index in [2.05, 4.69) is 26.5 Å². The van der Waals surface area contributed by atoms with Crippen LogP contribution in [0.2, 0.25) is 0 Å². The Bertz CT molecular complexity index is 409. The van der Waals surface area contributed by atoms with Gasteiger partial charge in [-0.2, -0.15) is 0 Å². The van der Waals surface area contributed by atoms with Crippen LogP contribution >= 0.6 is 0 Å². The van der Waals surface area contributed by atoms with Crippen LogP contribution in [0.15, 0.2) is 9.41 Å². The van der Waals surface area contributed by atoms with E-state index < -0.39 is 0 Å². The van der Waals surface area contributed by atoms with Gasteiger partial charge in [-0.3, -0.25) is 0 Å². The number of aliphatic imine (C=N–C) groups is 1. The molecule has 1 aromatic heterocycles. The molecular weight excluding hydrogens is 216 g/mol. The molecular formula is C12H18N4O. The molecule has 92 valence electrons. The number of hydrogen-bond acceptors (Lipinski definition) is 3. The summed E-state index contributed by atoms with van der Waals surface area (Å²) in [6, 6.07) is 0. The summed E-state index contributed by atoms with van der Waals surface area (Å²) in [5.41, 5.74) is 0.900. The smallest absolute Gasteiger partial charge is 0.216 e. The summed E-state index contributed by atoms with van der Waals surface area (Å²) >= 11 is 0. The molecule has 1 heterocycles. The summed E-state index contributed by atoms with van der Waals surface area (Å²) in [7, 11) is 0. The van der Waals surface area contributed by atoms with Crippen LogP contribution in [0.1, 0.15) is 24.3 Å². The fourth-order valence-corrected chi connectivity index (χ4v) is 1.23. The molecule has 0 aliphatic rings. The number of guanidine groups is 1. The monoisotopic (exact) mass is 234 g/mol. The average Bonchev–Trinajstić information content (AvgIpc) is 2.62. The Kier molecular flexibility index (Phi) is 5.08. The van der Waals surface area contributed by atoms with Gasteiger partial charge >= 0.3 is 0 Å². The van der Waals surface area contributed by atoms with Gasteiger partial charge in [0.05, 0.1) is 12.2 Å². The third-order valence-electron chi connectivity index (χ3n) is 2.15. The Morgan fingerprint density at radius 2 is 2.24 bits per heavy atom. The van der Waals surface area contributed by atoms with Crippen molar-refractivity contribution in [3.05, 3.63) is 17.3 Å². The Morgan fingerprint density at radius 3 is 2.76 bits per heavy atom. The van der Waals surface area contributed by atoms with Gasteiger partial charge in [0.2, 0.25) is 5.89 Å². The van der Waals surface area contributed by atoms with E-state index in [1.807, 2.05) is 20.8 Å². The molecule has 0 atom stereocenters. The molecule has 1 rings (SSSR count). The van der Waals surface area contributed by atoms with Crippen molar-refractivity contribution in [2.45, 2.75) is 27.3 Å². The topological polar surface area (TPSA) is 62.5 Å². The first-order chi connectivity index (χ1) is 8.17. The van der Waals surface area contributed by atoms with E-state index in [9.17, 15) is 0 Å². The lowest BCUT2D eigenvalue weighted by Gasteiger charge is -2.07. The summed E-state index contributed by atoms with van der Waals surface area (Å²) in [4.78, 5) is 8.57. The molecule has 0 saturated carbocycles. The highest BCUT2D eigenvalue weighted by molar-refractivity contribution is 5.79. The van der Waals surface area contributed by atoms with Gasteiger partial charge in [-0.05, 0) is 20.8 Å². The van der Waals surface area contributed by atoms with E-state index in [0.717, 1.165) is 18.0 Å². The van der Waals surface area contributed by atoms with Gasteiger partial charge in [-0.1, -0.05) is 5.92 Å². The van der Waals surface area contributed by atoms with Crippen LogP contribution in [0.5, 0.6) is 0 Å². The lowest BCUT2D eigenvalue weighted by atomic mass is 10.4. The minimum atomic E-state index is 0.397. The van der Waals surface area contributed by atoms with Crippen molar-refractivity contribution in [3.63, 3.8) is 0 Å². The average molecular weight is 234 g/mol. The van der Waals surface area contributed by atoms with Gasteiger partial charge in [-0.15, -0.1) is 6.42 Å². The van der Waals surface area contributed by atoms with E-state index in [0.29, 0.717) is 24.9 Å². The molecule has 0 saturated heterocycles. The van der Waals surface area contributed by atoms with Crippen molar-refractivity contribution in [1.82, 2.24) is 15.6 Å². The summed E-state index contributed by atoms with van der Waals surface area (Å²) < 4.78 is 5.43. The van der Waals surface area contributed by atoms with Gasteiger partial charge in [0, 0.05) is 6.54 Å². The third-order valence-corrected chi connectivity index (χ3v) is 2.15. The van der Waals surface area contributed by atoms with Crippen molar-refractivity contribution in [2.75, 3.05) is 13.1 Å². The molecule has 0 aromatic carbocycles. The molecule has 0 aliphatic carbocycles. The highest BCUT2D eigenvalue weighted by atomic mass is 16.4. The largest absolute Gasteiger partial charge is 0.444 e. The zero-order chi connectivity index (χ0) is 12.7. The number of aryl methyl sites for hydroxylation is 2. The van der Waals surface area contributed by atoms with Gasteiger partial charge in [0.1, 0.15) is 12.3 Å². The first-order valence-electron chi connectivity index (χ1n) is 5.56. The maximum absolute atomic E-state index is 5.43. The van der Waals surface area contributed by atoms with Crippen LogP contribution in [-0.4, -0.2) is 24.0 Å². The van der Waals surface area contributed by atoms with Gasteiger partial charge in [0.25, 0.3) is 0 Å². The van der Waals surface area contributed by atoms with Crippen molar-refractivity contribution in [2.24, 2.45) is 4.99 Å². The SMILES string of the molecule is C#CCNC(=NCc1nc(C)c(C)o1)NCC. The first kappa shape index (κ1) is 13.1. The Hall–Kier alpha value is -1.96. The third kappa shape index (κ3) is 4.19. The number of hydrogen-bond donors (Lipinski definition) is 2. The molecule has 0 unspecified atom stereocenters. The predicted octanol–water partition coefficient (Wildman–Crippen LogP) is 0.980. The second-order valence-corrected chi connectivity index (χ2v) is 3.50. The van der Waals surface area contributed by atoms with Gasteiger partial charge in [0.15, 0.2) is 5.96 Å². The number of rotatable bonds is 4. The summed E-state index contributed by atoms with van der Waals surface area (Å²) in [5, 5.41) is 6.08. The fraction of sp³-hybridized carbons (Fsp3) is 0.500. The summed E-state index contributed by atoms with van der Waals surface area (Å²) in [6.45, 7) is 7.40. The fourth-order valence-electron chi connectivity index (χ4n) is 1.23. The normalized spacial score (nSPS) is 11.1. The summed E-state index contributed by atoms with van der Waals surface area (Å²) in [6.07, 6.45) is 5.18. The van der Waals surface area contributed by atoms with E-state index >= 15 is 0 Å². The second-order valence-electron chi connectivity index (χ2n) is 3.50. The first-order valence-corrected chi connectivity index (χ1v) is 5.56.